The van der Waals surface area contributed by atoms with Crippen molar-refractivity contribution in [1.29, 1.82) is 0 Å². The van der Waals surface area contributed by atoms with Crippen LogP contribution in [0, 0.1) is 0 Å². The lowest BCUT2D eigenvalue weighted by Crippen LogP contribution is -2.20. The predicted octanol–water partition coefficient (Wildman–Crippen LogP) is 4.53. The number of aromatic nitrogens is 2. The number of rotatable bonds is 5. The Balaban J connectivity index is 1.59. The first-order valence-electron chi connectivity index (χ1n) is 7.71. The van der Waals surface area contributed by atoms with Gasteiger partial charge < -0.3 is 15.4 Å². The third kappa shape index (κ3) is 4.61. The second-order valence-electron chi connectivity index (χ2n) is 5.22. The van der Waals surface area contributed by atoms with Crippen molar-refractivity contribution < 1.29 is 9.53 Å². The van der Waals surface area contributed by atoms with E-state index in [9.17, 15) is 4.79 Å². The molecule has 0 saturated carbocycles. The number of amides is 2. The van der Waals surface area contributed by atoms with Crippen LogP contribution in [0.4, 0.5) is 27.8 Å². The van der Waals surface area contributed by atoms with Crippen LogP contribution in [0.1, 0.15) is 0 Å². The fourth-order valence-electron chi connectivity index (χ4n) is 2.16. The average Bonchev–Trinajstić information content (AvgIpc) is 2.64. The monoisotopic (exact) mass is 369 g/mol. The van der Waals surface area contributed by atoms with E-state index in [-0.39, 0.29) is 0 Å². The lowest BCUT2D eigenvalue weighted by molar-refractivity contribution is 0.262. The Morgan fingerprint density at radius 1 is 0.923 bits per heavy atom. The van der Waals surface area contributed by atoms with E-state index in [0.717, 1.165) is 5.69 Å². The fourth-order valence-corrected chi connectivity index (χ4v) is 2.42. The topological polar surface area (TPSA) is 88.2 Å². The number of carbonyl (C=O) groups excluding carboxylic acids is 1. The van der Waals surface area contributed by atoms with Crippen molar-refractivity contribution in [2.75, 3.05) is 23.1 Å². The van der Waals surface area contributed by atoms with Gasteiger partial charge in [-0.1, -0.05) is 29.8 Å². The molecule has 0 atom stereocenters. The average molecular weight is 370 g/mol. The van der Waals surface area contributed by atoms with E-state index in [4.69, 9.17) is 16.3 Å². The van der Waals surface area contributed by atoms with Gasteiger partial charge in [0.2, 0.25) is 0 Å². The van der Waals surface area contributed by atoms with Gasteiger partial charge in [-0.3, -0.25) is 5.32 Å². The molecule has 7 nitrogen and oxygen atoms in total. The van der Waals surface area contributed by atoms with Gasteiger partial charge in [0.1, 0.15) is 5.75 Å². The number of carbonyl (C=O) groups is 1. The summed E-state index contributed by atoms with van der Waals surface area (Å²) in [6.07, 6.45) is 0. The maximum Gasteiger partial charge on any atom is 0.324 e. The van der Waals surface area contributed by atoms with E-state index in [1.54, 1.807) is 43.5 Å². The predicted molar refractivity (Wildman–Crippen MR) is 102 cm³/mol. The van der Waals surface area contributed by atoms with Gasteiger partial charge in [0.15, 0.2) is 11.6 Å². The number of hydrogen-bond donors (Lipinski definition) is 3. The molecule has 0 aliphatic carbocycles. The van der Waals surface area contributed by atoms with Crippen molar-refractivity contribution in [3.63, 3.8) is 0 Å². The molecule has 3 N–H and O–H groups in total. The number of urea groups is 1. The smallest absolute Gasteiger partial charge is 0.324 e. The summed E-state index contributed by atoms with van der Waals surface area (Å²) in [4.78, 5) is 11.9. The number of para-hydroxylation sites is 1. The molecule has 0 spiro atoms. The highest BCUT2D eigenvalue weighted by Crippen LogP contribution is 2.28. The largest absolute Gasteiger partial charge is 0.495 e. The Morgan fingerprint density at radius 2 is 1.65 bits per heavy atom. The molecule has 2 amide bonds. The highest BCUT2D eigenvalue weighted by atomic mass is 35.5. The van der Waals surface area contributed by atoms with E-state index in [2.05, 4.69) is 26.1 Å². The number of hydrogen-bond acceptors (Lipinski definition) is 5. The number of ether oxygens (including phenoxy) is 1. The summed E-state index contributed by atoms with van der Waals surface area (Å²) in [6, 6.07) is 17.4. The molecule has 2 aromatic carbocycles. The first-order chi connectivity index (χ1) is 12.6. The van der Waals surface area contributed by atoms with E-state index in [0.29, 0.717) is 28.1 Å². The molecule has 1 aromatic heterocycles. The molecule has 0 unspecified atom stereocenters. The van der Waals surface area contributed by atoms with Crippen LogP contribution < -0.4 is 20.7 Å². The second kappa shape index (κ2) is 8.17. The highest BCUT2D eigenvalue weighted by Gasteiger charge is 2.06. The van der Waals surface area contributed by atoms with Crippen LogP contribution in [0.3, 0.4) is 0 Å². The Labute approximate surface area is 155 Å². The standard InChI is InChI=1S/C18H16ClN5O2/c1-26-15-8-7-13(11-14(15)19)20-16-9-10-17(24-23-16)22-18(25)21-12-5-3-2-4-6-12/h2-11H,1H3,(H,20,23)(H2,21,22,24,25). The summed E-state index contributed by atoms with van der Waals surface area (Å²) in [7, 11) is 1.56. The van der Waals surface area contributed by atoms with Crippen LogP contribution in [-0.4, -0.2) is 23.3 Å². The van der Waals surface area contributed by atoms with E-state index >= 15 is 0 Å². The maximum atomic E-state index is 11.9. The third-order valence-electron chi connectivity index (χ3n) is 3.36. The highest BCUT2D eigenvalue weighted by molar-refractivity contribution is 6.32. The summed E-state index contributed by atoms with van der Waals surface area (Å²) >= 11 is 6.09. The Bertz CT molecular complexity index is 888. The van der Waals surface area contributed by atoms with Crippen molar-refractivity contribution in [2.45, 2.75) is 0 Å². The van der Waals surface area contributed by atoms with E-state index < -0.39 is 6.03 Å². The van der Waals surface area contributed by atoms with Crippen molar-refractivity contribution in [2.24, 2.45) is 0 Å². The van der Waals surface area contributed by atoms with Crippen LogP contribution in [0.15, 0.2) is 60.7 Å². The number of methoxy groups -OCH3 is 1. The summed E-state index contributed by atoms with van der Waals surface area (Å²) in [5.74, 6) is 1.43. The number of anilines is 4. The lowest BCUT2D eigenvalue weighted by atomic mass is 10.3. The fraction of sp³-hybridized carbons (Fsp3) is 0.0556. The van der Waals surface area contributed by atoms with Gasteiger partial charge in [0.05, 0.1) is 12.1 Å². The van der Waals surface area contributed by atoms with Crippen molar-refractivity contribution in [1.82, 2.24) is 10.2 Å². The number of benzene rings is 2. The summed E-state index contributed by atoms with van der Waals surface area (Å²) in [5, 5.41) is 16.9. The van der Waals surface area contributed by atoms with Gasteiger partial charge in [-0.15, -0.1) is 10.2 Å². The Morgan fingerprint density at radius 3 is 2.31 bits per heavy atom. The quantitative estimate of drug-likeness (QED) is 0.615. The number of nitrogens with zero attached hydrogens (tertiary/aromatic N) is 2. The van der Waals surface area contributed by atoms with Crippen LogP contribution in [-0.2, 0) is 0 Å². The van der Waals surface area contributed by atoms with E-state index in [1.807, 2.05) is 24.3 Å². The molecule has 0 fully saturated rings. The molecule has 0 aliphatic heterocycles. The molecule has 0 saturated heterocycles. The molecular weight excluding hydrogens is 354 g/mol. The zero-order valence-corrected chi connectivity index (χ0v) is 14.6. The van der Waals surface area contributed by atoms with Gasteiger partial charge in [-0.25, -0.2) is 4.79 Å². The van der Waals surface area contributed by atoms with Gasteiger partial charge in [-0.2, -0.15) is 0 Å². The van der Waals surface area contributed by atoms with Crippen LogP contribution >= 0.6 is 11.6 Å². The molecule has 3 aromatic rings. The Hall–Kier alpha value is -3.32. The molecule has 1 heterocycles. The lowest BCUT2D eigenvalue weighted by Gasteiger charge is -2.09. The molecule has 8 heteroatoms. The number of nitrogens with one attached hydrogen (secondary N) is 3. The Kier molecular flexibility index (Phi) is 5.50. The number of halogens is 1. The molecule has 132 valence electrons. The van der Waals surface area contributed by atoms with Gasteiger partial charge >= 0.3 is 6.03 Å². The summed E-state index contributed by atoms with van der Waals surface area (Å²) < 4.78 is 5.11. The minimum Gasteiger partial charge on any atom is -0.495 e. The molecule has 0 radical (unpaired) electrons. The molecular formula is C18H16ClN5O2. The second-order valence-corrected chi connectivity index (χ2v) is 5.63. The van der Waals surface area contributed by atoms with Crippen molar-refractivity contribution in [3.05, 3.63) is 65.7 Å². The van der Waals surface area contributed by atoms with Crippen LogP contribution in [0.5, 0.6) is 5.75 Å². The zero-order chi connectivity index (χ0) is 18.4. The van der Waals surface area contributed by atoms with Crippen molar-refractivity contribution in [3.8, 4) is 5.75 Å². The zero-order valence-electron chi connectivity index (χ0n) is 13.9. The molecule has 0 aliphatic rings. The molecule has 26 heavy (non-hydrogen) atoms. The first-order valence-corrected chi connectivity index (χ1v) is 8.09. The first kappa shape index (κ1) is 17.5. The normalized spacial score (nSPS) is 10.1. The van der Waals surface area contributed by atoms with E-state index in [1.165, 1.54) is 0 Å². The van der Waals surface area contributed by atoms with Crippen molar-refractivity contribution >= 4 is 40.6 Å². The molecule has 3 rings (SSSR count). The van der Waals surface area contributed by atoms with Gasteiger partial charge in [-0.05, 0) is 42.5 Å². The molecule has 0 bridgehead atoms. The summed E-state index contributed by atoms with van der Waals surface area (Å²) in [6.45, 7) is 0. The summed E-state index contributed by atoms with van der Waals surface area (Å²) in [5.41, 5.74) is 1.43. The minimum absolute atomic E-state index is 0.330. The van der Waals surface area contributed by atoms with Gasteiger partial charge in [0, 0.05) is 11.4 Å². The SMILES string of the molecule is COc1ccc(Nc2ccc(NC(=O)Nc3ccccc3)nn2)cc1Cl. The van der Waals surface area contributed by atoms with Crippen LogP contribution in [0.2, 0.25) is 5.02 Å². The minimum atomic E-state index is -0.395. The maximum absolute atomic E-state index is 11.9. The third-order valence-corrected chi connectivity index (χ3v) is 3.66. The van der Waals surface area contributed by atoms with Gasteiger partial charge in [0.25, 0.3) is 0 Å². The van der Waals surface area contributed by atoms with Crippen LogP contribution in [0.25, 0.3) is 0 Å².